The number of phenols is 1. The Bertz CT molecular complexity index is 1010. The molecule has 0 saturated carbocycles. The fourth-order valence-electron chi connectivity index (χ4n) is 2.84. The SMILES string of the molecule is CC(C)c1cc(Oc2c(Br)cc(N)cc2Br)c(C(=O)c2ccccc2)cc1O. The first-order valence-corrected chi connectivity index (χ1v) is 10.3. The van der Waals surface area contributed by atoms with Gasteiger partial charge in [0.25, 0.3) is 0 Å². The van der Waals surface area contributed by atoms with Crippen molar-refractivity contribution in [1.29, 1.82) is 0 Å². The molecule has 0 aromatic heterocycles. The number of ketones is 1. The van der Waals surface area contributed by atoms with E-state index in [2.05, 4.69) is 31.9 Å². The Morgan fingerprint density at radius 1 is 1.04 bits per heavy atom. The van der Waals surface area contributed by atoms with E-state index in [1.807, 2.05) is 19.9 Å². The Morgan fingerprint density at radius 2 is 1.64 bits per heavy atom. The van der Waals surface area contributed by atoms with E-state index in [1.165, 1.54) is 6.07 Å². The van der Waals surface area contributed by atoms with Crippen LogP contribution in [0.2, 0.25) is 0 Å². The summed E-state index contributed by atoms with van der Waals surface area (Å²) in [5.74, 6) is 0.751. The quantitative estimate of drug-likeness (QED) is 0.301. The first-order chi connectivity index (χ1) is 13.3. The van der Waals surface area contributed by atoms with Gasteiger partial charge in [-0.05, 0) is 62.0 Å². The Hall–Kier alpha value is -2.31. The first-order valence-electron chi connectivity index (χ1n) is 8.67. The van der Waals surface area contributed by atoms with Gasteiger partial charge in [0.15, 0.2) is 11.5 Å². The van der Waals surface area contributed by atoms with Crippen molar-refractivity contribution < 1.29 is 14.6 Å². The maximum atomic E-state index is 13.1. The van der Waals surface area contributed by atoms with E-state index in [4.69, 9.17) is 10.5 Å². The molecule has 0 aliphatic carbocycles. The number of ether oxygens (including phenoxy) is 1. The molecular weight excluding hydrogens is 486 g/mol. The van der Waals surface area contributed by atoms with Crippen LogP contribution in [0.3, 0.4) is 0 Å². The lowest BCUT2D eigenvalue weighted by Gasteiger charge is -2.17. The topological polar surface area (TPSA) is 72.5 Å². The monoisotopic (exact) mass is 503 g/mol. The van der Waals surface area contributed by atoms with Crippen LogP contribution >= 0.6 is 31.9 Å². The number of carbonyl (C=O) groups is 1. The molecule has 3 aromatic rings. The first kappa shape index (κ1) is 20.4. The van der Waals surface area contributed by atoms with Gasteiger partial charge in [-0.2, -0.15) is 0 Å². The van der Waals surface area contributed by atoms with Crippen molar-refractivity contribution >= 4 is 43.3 Å². The van der Waals surface area contributed by atoms with Gasteiger partial charge in [-0.1, -0.05) is 44.2 Å². The smallest absolute Gasteiger partial charge is 0.196 e. The molecule has 4 nitrogen and oxygen atoms in total. The van der Waals surface area contributed by atoms with E-state index in [1.54, 1.807) is 42.5 Å². The van der Waals surface area contributed by atoms with Crippen LogP contribution in [-0.4, -0.2) is 10.9 Å². The predicted octanol–water partition coefficient (Wildman–Crippen LogP) is 6.65. The molecule has 0 spiro atoms. The third-order valence-corrected chi connectivity index (χ3v) is 5.44. The minimum Gasteiger partial charge on any atom is -0.508 e. The Morgan fingerprint density at radius 3 is 2.21 bits per heavy atom. The average molecular weight is 505 g/mol. The predicted molar refractivity (Wildman–Crippen MR) is 118 cm³/mol. The van der Waals surface area contributed by atoms with E-state index in [-0.39, 0.29) is 23.0 Å². The molecule has 0 atom stereocenters. The molecule has 0 radical (unpaired) electrons. The number of nitrogens with two attached hydrogens (primary N) is 1. The number of halogens is 2. The van der Waals surface area contributed by atoms with Crippen molar-refractivity contribution in [3.8, 4) is 17.2 Å². The second kappa shape index (κ2) is 8.37. The number of phenolic OH excluding ortho intramolecular Hbond substituents is 1. The number of nitrogen functional groups attached to an aromatic ring is 1. The van der Waals surface area contributed by atoms with Crippen LogP contribution in [0.1, 0.15) is 41.3 Å². The molecule has 6 heteroatoms. The average Bonchev–Trinajstić information content (AvgIpc) is 2.65. The van der Waals surface area contributed by atoms with Crippen molar-refractivity contribution in [2.75, 3.05) is 5.73 Å². The van der Waals surface area contributed by atoms with E-state index < -0.39 is 0 Å². The van der Waals surface area contributed by atoms with Gasteiger partial charge in [-0.15, -0.1) is 0 Å². The maximum Gasteiger partial charge on any atom is 0.196 e. The molecular formula is C22H19Br2NO3. The second-order valence-electron chi connectivity index (χ2n) is 6.67. The summed E-state index contributed by atoms with van der Waals surface area (Å²) in [6, 6.07) is 15.5. The number of rotatable bonds is 5. The molecule has 144 valence electrons. The summed E-state index contributed by atoms with van der Waals surface area (Å²) in [7, 11) is 0. The lowest BCUT2D eigenvalue weighted by Crippen LogP contribution is -2.05. The van der Waals surface area contributed by atoms with Crippen LogP contribution in [-0.2, 0) is 0 Å². The van der Waals surface area contributed by atoms with Crippen LogP contribution in [0.25, 0.3) is 0 Å². The standard InChI is InChI=1S/C22H19Br2NO3/c1-12(2)15-11-20(28-22-17(23)8-14(25)9-18(22)24)16(10-19(15)26)21(27)13-6-4-3-5-7-13/h3-12,26H,25H2,1-2H3. The van der Waals surface area contributed by atoms with Gasteiger partial charge >= 0.3 is 0 Å². The van der Waals surface area contributed by atoms with Crippen LogP contribution in [0.15, 0.2) is 63.5 Å². The Labute approximate surface area is 180 Å². The zero-order valence-electron chi connectivity index (χ0n) is 15.4. The summed E-state index contributed by atoms with van der Waals surface area (Å²) in [4.78, 5) is 13.1. The van der Waals surface area contributed by atoms with Crippen molar-refractivity contribution in [2.24, 2.45) is 0 Å². The van der Waals surface area contributed by atoms with E-state index in [0.717, 1.165) is 0 Å². The number of anilines is 1. The fraction of sp³-hybridized carbons (Fsp3) is 0.136. The van der Waals surface area contributed by atoms with Crippen molar-refractivity contribution in [2.45, 2.75) is 19.8 Å². The summed E-state index contributed by atoms with van der Waals surface area (Å²) >= 11 is 6.91. The van der Waals surface area contributed by atoms with E-state index in [0.29, 0.717) is 37.3 Å². The molecule has 0 fully saturated rings. The van der Waals surface area contributed by atoms with E-state index in [9.17, 15) is 9.90 Å². The zero-order valence-corrected chi connectivity index (χ0v) is 18.5. The van der Waals surface area contributed by atoms with Crippen LogP contribution in [0.5, 0.6) is 17.2 Å². The number of hydrogen-bond acceptors (Lipinski definition) is 4. The summed E-state index contributed by atoms with van der Waals surface area (Å²) in [5, 5.41) is 10.5. The third-order valence-electron chi connectivity index (χ3n) is 4.26. The molecule has 0 saturated heterocycles. The van der Waals surface area contributed by atoms with Gasteiger partial charge in [-0.25, -0.2) is 0 Å². The number of carbonyl (C=O) groups excluding carboxylic acids is 1. The van der Waals surface area contributed by atoms with Crippen molar-refractivity contribution in [1.82, 2.24) is 0 Å². The highest BCUT2D eigenvalue weighted by Crippen LogP contribution is 2.42. The molecule has 0 heterocycles. The van der Waals surface area contributed by atoms with Gasteiger partial charge in [0.05, 0.1) is 14.5 Å². The number of benzene rings is 3. The van der Waals surface area contributed by atoms with E-state index >= 15 is 0 Å². The van der Waals surface area contributed by atoms with Crippen LogP contribution in [0.4, 0.5) is 5.69 Å². The van der Waals surface area contributed by atoms with Gasteiger partial charge < -0.3 is 15.6 Å². The normalized spacial score (nSPS) is 10.9. The molecule has 0 bridgehead atoms. The highest BCUT2D eigenvalue weighted by molar-refractivity contribution is 9.11. The molecule has 0 aliphatic heterocycles. The van der Waals surface area contributed by atoms with Gasteiger partial charge in [-0.3, -0.25) is 4.79 Å². The van der Waals surface area contributed by atoms with Gasteiger partial charge in [0, 0.05) is 16.8 Å². The summed E-state index contributed by atoms with van der Waals surface area (Å²) in [5.41, 5.74) is 7.92. The molecule has 0 aliphatic rings. The van der Waals surface area contributed by atoms with Crippen molar-refractivity contribution in [3.05, 3.63) is 80.2 Å². The second-order valence-corrected chi connectivity index (χ2v) is 8.38. The maximum absolute atomic E-state index is 13.1. The molecule has 3 N–H and O–H groups in total. The fourth-order valence-corrected chi connectivity index (χ4v) is 4.22. The van der Waals surface area contributed by atoms with Crippen molar-refractivity contribution in [3.63, 3.8) is 0 Å². The van der Waals surface area contributed by atoms with Crippen LogP contribution < -0.4 is 10.5 Å². The van der Waals surface area contributed by atoms with Crippen LogP contribution in [0, 0.1) is 0 Å². The highest BCUT2D eigenvalue weighted by Gasteiger charge is 2.21. The van der Waals surface area contributed by atoms with Gasteiger partial charge in [0.2, 0.25) is 0 Å². The Balaban J connectivity index is 2.15. The zero-order chi connectivity index (χ0) is 20.4. The molecule has 3 aromatic carbocycles. The molecule has 0 amide bonds. The molecule has 28 heavy (non-hydrogen) atoms. The summed E-state index contributed by atoms with van der Waals surface area (Å²) in [6.45, 7) is 3.93. The molecule has 0 unspecified atom stereocenters. The lowest BCUT2D eigenvalue weighted by molar-refractivity contribution is 0.103. The summed E-state index contributed by atoms with van der Waals surface area (Å²) in [6.07, 6.45) is 0. The minimum absolute atomic E-state index is 0.0570. The summed E-state index contributed by atoms with van der Waals surface area (Å²) < 4.78 is 7.43. The number of hydrogen-bond donors (Lipinski definition) is 2. The third kappa shape index (κ3) is 4.23. The molecule has 3 rings (SSSR count). The highest BCUT2D eigenvalue weighted by atomic mass is 79.9. The number of aromatic hydroxyl groups is 1. The lowest BCUT2D eigenvalue weighted by atomic mass is 9.96. The van der Waals surface area contributed by atoms with Gasteiger partial charge in [0.1, 0.15) is 11.5 Å². The largest absolute Gasteiger partial charge is 0.508 e. The minimum atomic E-state index is -0.233. The Kier molecular flexibility index (Phi) is 6.10.